The number of hydrogen-bond acceptors (Lipinski definition) is 4. The molecule has 2 fully saturated rings. The summed E-state index contributed by atoms with van der Waals surface area (Å²) in [5.74, 6) is -0.125. The fraction of sp³-hybridized carbons (Fsp3) is 0.867. The molecular formula is C15H24O4. The highest BCUT2D eigenvalue weighted by molar-refractivity contribution is 5.27. The van der Waals surface area contributed by atoms with Gasteiger partial charge < -0.3 is 9.84 Å². The van der Waals surface area contributed by atoms with Crippen molar-refractivity contribution in [3.05, 3.63) is 11.6 Å². The molecule has 1 saturated heterocycles. The summed E-state index contributed by atoms with van der Waals surface area (Å²) in [6.45, 7) is 7.24. The molecule has 0 radical (unpaired) electrons. The van der Waals surface area contributed by atoms with Gasteiger partial charge in [0.2, 0.25) is 0 Å². The third-order valence-electron chi connectivity index (χ3n) is 5.87. The molecule has 19 heavy (non-hydrogen) atoms. The first-order valence-electron chi connectivity index (χ1n) is 7.29. The molecule has 0 amide bonds. The first-order chi connectivity index (χ1) is 8.91. The van der Waals surface area contributed by atoms with E-state index in [1.807, 2.05) is 0 Å². The van der Waals surface area contributed by atoms with Crippen LogP contribution < -0.4 is 0 Å². The zero-order chi connectivity index (χ0) is 13.8. The van der Waals surface area contributed by atoms with Crippen LogP contribution in [0.4, 0.5) is 0 Å². The summed E-state index contributed by atoms with van der Waals surface area (Å²) < 4.78 is 5.72. The molecule has 108 valence electrons. The Bertz CT molecular complexity index is 407. The lowest BCUT2D eigenvalue weighted by Crippen LogP contribution is -2.55. The lowest BCUT2D eigenvalue weighted by atomic mass is 9.52. The normalized spacial score (nSPS) is 53.4. The molecule has 0 aromatic carbocycles. The van der Waals surface area contributed by atoms with E-state index in [2.05, 4.69) is 31.7 Å². The monoisotopic (exact) mass is 268 g/mol. The summed E-state index contributed by atoms with van der Waals surface area (Å²) in [5.41, 5.74) is 1.26. The van der Waals surface area contributed by atoms with Crippen LogP contribution in [0.5, 0.6) is 0 Å². The van der Waals surface area contributed by atoms with Crippen LogP contribution >= 0.6 is 0 Å². The minimum Gasteiger partial charge on any atom is -0.365 e. The Kier molecular flexibility index (Phi) is 3.06. The van der Waals surface area contributed by atoms with Crippen molar-refractivity contribution in [3.63, 3.8) is 0 Å². The second-order valence-corrected chi connectivity index (χ2v) is 6.87. The second kappa shape index (κ2) is 4.29. The number of allylic oxidation sites excluding steroid dienone is 1. The molecule has 1 heterocycles. The highest BCUT2D eigenvalue weighted by Crippen LogP contribution is 2.61. The fourth-order valence-corrected chi connectivity index (χ4v) is 4.82. The average molecular weight is 268 g/mol. The van der Waals surface area contributed by atoms with Gasteiger partial charge in [0.05, 0.1) is 6.61 Å². The van der Waals surface area contributed by atoms with Gasteiger partial charge in [-0.3, -0.25) is 5.26 Å². The molecule has 0 bridgehead atoms. The van der Waals surface area contributed by atoms with Crippen molar-refractivity contribution < 1.29 is 20.0 Å². The van der Waals surface area contributed by atoms with E-state index in [0.29, 0.717) is 24.9 Å². The SMILES string of the molecule is C[C@@H]1CO[C@@]2(O)CCC3=C[C@H](OO)C[C@H](C)[C@@]3(C)[C@@H]12. The van der Waals surface area contributed by atoms with Crippen LogP contribution in [0.2, 0.25) is 0 Å². The topological polar surface area (TPSA) is 58.9 Å². The molecule has 1 aliphatic heterocycles. The first-order valence-corrected chi connectivity index (χ1v) is 7.29. The van der Waals surface area contributed by atoms with Crippen molar-refractivity contribution in [2.24, 2.45) is 23.2 Å². The standard InChI is InChI=1S/C15H24O4/c1-9-8-18-15(16)5-4-11-7-12(19-17)6-10(2)14(11,3)13(9)15/h7,9-10,12-13,16-17H,4-6,8H2,1-3H3/t9-,10+,12-,13-,14-,15+/m1/s1. The molecule has 3 rings (SSSR count). The third kappa shape index (κ3) is 1.74. The van der Waals surface area contributed by atoms with Crippen molar-refractivity contribution in [2.75, 3.05) is 6.61 Å². The Labute approximate surface area is 114 Å². The molecule has 4 nitrogen and oxygen atoms in total. The molecule has 0 unspecified atom stereocenters. The lowest BCUT2D eigenvalue weighted by molar-refractivity contribution is -0.277. The second-order valence-electron chi connectivity index (χ2n) is 6.87. The lowest BCUT2D eigenvalue weighted by Gasteiger charge is -2.54. The molecule has 3 aliphatic rings. The van der Waals surface area contributed by atoms with Crippen LogP contribution in [-0.2, 0) is 9.62 Å². The summed E-state index contributed by atoms with van der Waals surface area (Å²) in [6.07, 6.45) is 4.11. The summed E-state index contributed by atoms with van der Waals surface area (Å²) >= 11 is 0. The minimum absolute atomic E-state index is 0.0576. The van der Waals surface area contributed by atoms with Crippen LogP contribution in [0.3, 0.4) is 0 Å². The van der Waals surface area contributed by atoms with Crippen molar-refractivity contribution >= 4 is 0 Å². The third-order valence-corrected chi connectivity index (χ3v) is 5.87. The van der Waals surface area contributed by atoms with Crippen molar-refractivity contribution in [1.29, 1.82) is 0 Å². The maximum Gasteiger partial charge on any atom is 0.169 e. The van der Waals surface area contributed by atoms with E-state index in [1.165, 1.54) is 5.57 Å². The van der Waals surface area contributed by atoms with Gasteiger partial charge in [0.1, 0.15) is 6.10 Å². The van der Waals surface area contributed by atoms with E-state index < -0.39 is 5.79 Å². The summed E-state index contributed by atoms with van der Waals surface area (Å²) in [6, 6.07) is 0. The Hall–Kier alpha value is -0.420. The van der Waals surface area contributed by atoms with Gasteiger partial charge in [0, 0.05) is 12.3 Å². The van der Waals surface area contributed by atoms with Crippen LogP contribution in [0.25, 0.3) is 0 Å². The zero-order valence-corrected chi connectivity index (χ0v) is 11.9. The van der Waals surface area contributed by atoms with E-state index in [9.17, 15) is 5.11 Å². The van der Waals surface area contributed by atoms with Crippen molar-refractivity contribution in [1.82, 2.24) is 0 Å². The largest absolute Gasteiger partial charge is 0.365 e. The summed E-state index contributed by atoms with van der Waals surface area (Å²) in [5, 5.41) is 19.8. The summed E-state index contributed by atoms with van der Waals surface area (Å²) in [7, 11) is 0. The fourth-order valence-electron chi connectivity index (χ4n) is 4.82. The molecule has 1 saturated carbocycles. The molecule has 4 heteroatoms. The summed E-state index contributed by atoms with van der Waals surface area (Å²) in [4.78, 5) is 4.55. The van der Waals surface area contributed by atoms with Gasteiger partial charge in [-0.25, -0.2) is 4.89 Å². The molecular weight excluding hydrogens is 244 g/mol. The van der Waals surface area contributed by atoms with Crippen molar-refractivity contribution in [2.45, 2.75) is 51.9 Å². The van der Waals surface area contributed by atoms with E-state index in [1.54, 1.807) is 0 Å². The van der Waals surface area contributed by atoms with Gasteiger partial charge in [-0.15, -0.1) is 0 Å². The van der Waals surface area contributed by atoms with E-state index in [4.69, 9.17) is 9.99 Å². The van der Waals surface area contributed by atoms with Crippen LogP contribution in [0.1, 0.15) is 40.0 Å². The maximum atomic E-state index is 10.8. The number of ether oxygens (including phenoxy) is 1. The first kappa shape index (κ1) is 13.6. The van der Waals surface area contributed by atoms with E-state index >= 15 is 0 Å². The van der Waals surface area contributed by atoms with Gasteiger partial charge in [0.15, 0.2) is 5.79 Å². The highest BCUT2D eigenvalue weighted by Gasteiger charge is 2.61. The van der Waals surface area contributed by atoms with Crippen LogP contribution in [0.15, 0.2) is 11.6 Å². The van der Waals surface area contributed by atoms with Gasteiger partial charge in [0.25, 0.3) is 0 Å². The highest BCUT2D eigenvalue weighted by atomic mass is 17.1. The molecule has 2 aliphatic carbocycles. The number of hydrogen-bond donors (Lipinski definition) is 2. The Balaban J connectivity index is 2.04. The van der Waals surface area contributed by atoms with E-state index in [0.717, 1.165) is 12.8 Å². The Morgan fingerprint density at radius 3 is 2.84 bits per heavy atom. The average Bonchev–Trinajstić information content (AvgIpc) is 2.68. The Morgan fingerprint density at radius 2 is 2.16 bits per heavy atom. The quantitative estimate of drug-likeness (QED) is 0.436. The van der Waals surface area contributed by atoms with Gasteiger partial charge >= 0.3 is 0 Å². The Morgan fingerprint density at radius 1 is 1.42 bits per heavy atom. The van der Waals surface area contributed by atoms with Gasteiger partial charge in [-0.2, -0.15) is 0 Å². The predicted octanol–water partition coefficient (Wildman–Crippen LogP) is 2.58. The maximum absolute atomic E-state index is 10.8. The van der Waals surface area contributed by atoms with Crippen LogP contribution in [-0.4, -0.2) is 28.9 Å². The molecule has 0 aromatic rings. The molecule has 0 aromatic heterocycles. The van der Waals surface area contributed by atoms with E-state index in [-0.39, 0.29) is 17.4 Å². The predicted molar refractivity (Wildman–Crippen MR) is 70.3 cm³/mol. The number of aliphatic hydroxyl groups is 1. The molecule has 6 atom stereocenters. The van der Waals surface area contributed by atoms with Gasteiger partial charge in [-0.1, -0.05) is 32.4 Å². The molecule has 0 spiro atoms. The van der Waals surface area contributed by atoms with Crippen LogP contribution in [0, 0.1) is 23.2 Å². The number of fused-ring (bicyclic) bond motifs is 3. The minimum atomic E-state index is -0.966. The smallest absolute Gasteiger partial charge is 0.169 e. The zero-order valence-electron chi connectivity index (χ0n) is 11.9. The number of rotatable bonds is 1. The molecule has 2 N–H and O–H groups in total. The van der Waals surface area contributed by atoms with Crippen molar-refractivity contribution in [3.8, 4) is 0 Å². The van der Waals surface area contributed by atoms with Gasteiger partial charge in [-0.05, 0) is 30.1 Å².